The average Bonchev–Trinajstić information content (AvgIpc) is 2.80. The highest BCUT2D eigenvalue weighted by atomic mass is 19.2. The van der Waals surface area contributed by atoms with Crippen molar-refractivity contribution in [2.45, 2.75) is 18.8 Å². The molecular formula is C12H12F2N2O. The van der Waals surface area contributed by atoms with Crippen LogP contribution in [0.3, 0.4) is 0 Å². The second kappa shape index (κ2) is 4.07. The van der Waals surface area contributed by atoms with E-state index in [0.29, 0.717) is 18.7 Å². The molecule has 3 nitrogen and oxygen atoms in total. The first kappa shape index (κ1) is 10.7. The first-order valence-electron chi connectivity index (χ1n) is 5.67. The monoisotopic (exact) mass is 238 g/mol. The number of imidazole rings is 1. The molecule has 1 fully saturated rings. The minimum absolute atomic E-state index is 0.0893. The summed E-state index contributed by atoms with van der Waals surface area (Å²) in [6, 6.07) is 2.63. The van der Waals surface area contributed by atoms with Crippen LogP contribution in [-0.2, 0) is 4.74 Å². The second-order valence-corrected chi connectivity index (χ2v) is 4.27. The number of nitrogens with zero attached hydrogens (tertiary/aromatic N) is 1. The zero-order valence-corrected chi connectivity index (χ0v) is 9.17. The van der Waals surface area contributed by atoms with Gasteiger partial charge in [-0.25, -0.2) is 13.8 Å². The van der Waals surface area contributed by atoms with E-state index in [-0.39, 0.29) is 11.4 Å². The van der Waals surface area contributed by atoms with Gasteiger partial charge < -0.3 is 9.72 Å². The van der Waals surface area contributed by atoms with Gasteiger partial charge in [0.25, 0.3) is 0 Å². The van der Waals surface area contributed by atoms with E-state index in [0.717, 1.165) is 24.7 Å². The molecular weight excluding hydrogens is 226 g/mol. The Morgan fingerprint density at radius 3 is 2.76 bits per heavy atom. The van der Waals surface area contributed by atoms with Crippen molar-refractivity contribution in [2.75, 3.05) is 13.2 Å². The van der Waals surface area contributed by atoms with Crippen LogP contribution < -0.4 is 0 Å². The number of ether oxygens (including phenoxy) is 1. The lowest BCUT2D eigenvalue weighted by molar-refractivity contribution is 0.0838. The third kappa shape index (κ3) is 1.80. The van der Waals surface area contributed by atoms with E-state index in [9.17, 15) is 8.78 Å². The molecule has 2 heterocycles. The minimum atomic E-state index is -0.878. The number of nitrogens with one attached hydrogen (secondary N) is 1. The van der Waals surface area contributed by atoms with E-state index < -0.39 is 11.6 Å². The summed E-state index contributed by atoms with van der Waals surface area (Å²) in [7, 11) is 0. The number of benzene rings is 1. The highest BCUT2D eigenvalue weighted by Gasteiger charge is 2.20. The van der Waals surface area contributed by atoms with Crippen LogP contribution in [-0.4, -0.2) is 23.2 Å². The molecule has 0 spiro atoms. The van der Waals surface area contributed by atoms with E-state index >= 15 is 0 Å². The predicted octanol–water partition coefficient (Wildman–Crippen LogP) is 2.74. The Labute approximate surface area is 96.8 Å². The highest BCUT2D eigenvalue weighted by Crippen LogP contribution is 2.27. The quantitative estimate of drug-likeness (QED) is 0.829. The predicted molar refractivity (Wildman–Crippen MR) is 58.8 cm³/mol. The lowest BCUT2D eigenvalue weighted by atomic mass is 10.00. The molecule has 17 heavy (non-hydrogen) atoms. The largest absolute Gasteiger partial charge is 0.381 e. The summed E-state index contributed by atoms with van der Waals surface area (Å²) in [4.78, 5) is 7.23. The van der Waals surface area contributed by atoms with Gasteiger partial charge >= 0.3 is 0 Å². The van der Waals surface area contributed by atoms with Crippen LogP contribution in [0, 0.1) is 11.6 Å². The maximum absolute atomic E-state index is 13.5. The third-order valence-corrected chi connectivity index (χ3v) is 3.17. The molecule has 1 N–H and O–H groups in total. The van der Waals surface area contributed by atoms with Gasteiger partial charge in [-0.1, -0.05) is 0 Å². The van der Waals surface area contributed by atoms with Gasteiger partial charge in [-0.3, -0.25) is 0 Å². The number of hydrogen-bond donors (Lipinski definition) is 1. The summed E-state index contributed by atoms with van der Waals surface area (Å²) in [6.45, 7) is 1.39. The SMILES string of the molecule is Fc1ccc2[nH]c(C3CCOCC3)nc2c1F. The molecule has 90 valence electrons. The van der Waals surface area contributed by atoms with Gasteiger partial charge in [0, 0.05) is 19.1 Å². The molecule has 0 atom stereocenters. The van der Waals surface area contributed by atoms with Crippen LogP contribution in [0.4, 0.5) is 8.78 Å². The van der Waals surface area contributed by atoms with Gasteiger partial charge in [-0.15, -0.1) is 0 Å². The van der Waals surface area contributed by atoms with E-state index in [1.165, 1.54) is 6.07 Å². The smallest absolute Gasteiger partial charge is 0.186 e. The van der Waals surface area contributed by atoms with Gasteiger partial charge in [-0.2, -0.15) is 0 Å². The van der Waals surface area contributed by atoms with Crippen LogP contribution in [0.15, 0.2) is 12.1 Å². The topological polar surface area (TPSA) is 37.9 Å². The number of aromatic nitrogens is 2. The second-order valence-electron chi connectivity index (χ2n) is 4.27. The normalized spacial score (nSPS) is 17.8. The van der Waals surface area contributed by atoms with Crippen molar-refractivity contribution in [1.29, 1.82) is 0 Å². The van der Waals surface area contributed by atoms with Crippen molar-refractivity contribution in [3.63, 3.8) is 0 Å². The zero-order chi connectivity index (χ0) is 11.8. The van der Waals surface area contributed by atoms with Crippen LogP contribution in [0.5, 0.6) is 0 Å². The van der Waals surface area contributed by atoms with Crippen LogP contribution >= 0.6 is 0 Å². The number of aromatic amines is 1. The molecule has 0 bridgehead atoms. The number of rotatable bonds is 1. The maximum Gasteiger partial charge on any atom is 0.186 e. The molecule has 0 amide bonds. The van der Waals surface area contributed by atoms with E-state index in [1.807, 2.05) is 0 Å². The number of hydrogen-bond acceptors (Lipinski definition) is 2. The van der Waals surface area contributed by atoms with E-state index in [1.54, 1.807) is 0 Å². The molecule has 0 saturated carbocycles. The van der Waals surface area contributed by atoms with Crippen molar-refractivity contribution in [3.8, 4) is 0 Å². The Morgan fingerprint density at radius 1 is 1.24 bits per heavy atom. The lowest BCUT2D eigenvalue weighted by Crippen LogP contribution is -2.15. The Morgan fingerprint density at radius 2 is 2.00 bits per heavy atom. The van der Waals surface area contributed by atoms with Crippen molar-refractivity contribution >= 4 is 11.0 Å². The minimum Gasteiger partial charge on any atom is -0.381 e. The summed E-state index contributed by atoms with van der Waals surface area (Å²) >= 11 is 0. The van der Waals surface area contributed by atoms with Crippen LogP contribution in [0.25, 0.3) is 11.0 Å². The first-order chi connectivity index (χ1) is 8.25. The third-order valence-electron chi connectivity index (χ3n) is 3.17. The summed E-state index contributed by atoms with van der Waals surface area (Å²) in [6.07, 6.45) is 1.73. The molecule has 1 aliphatic rings. The van der Waals surface area contributed by atoms with Gasteiger partial charge in [0.05, 0.1) is 5.52 Å². The first-order valence-corrected chi connectivity index (χ1v) is 5.67. The molecule has 3 rings (SSSR count). The van der Waals surface area contributed by atoms with Gasteiger partial charge in [0.15, 0.2) is 11.6 Å². The number of fused-ring (bicyclic) bond motifs is 1. The Bertz CT molecular complexity index is 547. The van der Waals surface area contributed by atoms with Gasteiger partial charge in [-0.05, 0) is 25.0 Å². The molecule has 0 radical (unpaired) electrons. The van der Waals surface area contributed by atoms with Crippen molar-refractivity contribution in [2.24, 2.45) is 0 Å². The number of halogens is 2. The number of H-pyrrole nitrogens is 1. The fraction of sp³-hybridized carbons (Fsp3) is 0.417. The maximum atomic E-state index is 13.5. The Balaban J connectivity index is 2.04. The van der Waals surface area contributed by atoms with Crippen molar-refractivity contribution in [1.82, 2.24) is 9.97 Å². The van der Waals surface area contributed by atoms with Crippen molar-refractivity contribution < 1.29 is 13.5 Å². The average molecular weight is 238 g/mol. The summed E-state index contributed by atoms with van der Waals surface area (Å²) < 4.78 is 31.8. The summed E-state index contributed by atoms with van der Waals surface area (Å²) in [5, 5.41) is 0. The highest BCUT2D eigenvalue weighted by molar-refractivity contribution is 5.75. The molecule has 0 aliphatic carbocycles. The standard InChI is InChI=1S/C12H12F2N2O/c13-8-1-2-9-11(10(8)14)16-12(15-9)7-3-5-17-6-4-7/h1-2,7H,3-6H2,(H,15,16). The Kier molecular flexibility index (Phi) is 2.55. The van der Waals surface area contributed by atoms with Gasteiger partial charge in [0.1, 0.15) is 11.3 Å². The fourth-order valence-corrected chi connectivity index (χ4v) is 2.20. The lowest BCUT2D eigenvalue weighted by Gasteiger charge is -2.19. The zero-order valence-electron chi connectivity index (χ0n) is 9.17. The summed E-state index contributed by atoms with van der Waals surface area (Å²) in [5.74, 6) is -0.758. The van der Waals surface area contributed by atoms with Crippen LogP contribution in [0.1, 0.15) is 24.6 Å². The van der Waals surface area contributed by atoms with Crippen LogP contribution in [0.2, 0.25) is 0 Å². The summed E-state index contributed by atoms with van der Waals surface area (Å²) in [5.41, 5.74) is 0.636. The molecule has 2 aromatic rings. The molecule has 5 heteroatoms. The Hall–Kier alpha value is -1.49. The van der Waals surface area contributed by atoms with E-state index in [2.05, 4.69) is 9.97 Å². The molecule has 1 aliphatic heterocycles. The molecule has 1 saturated heterocycles. The fourth-order valence-electron chi connectivity index (χ4n) is 2.20. The van der Waals surface area contributed by atoms with Crippen molar-refractivity contribution in [3.05, 3.63) is 29.6 Å². The molecule has 1 aromatic heterocycles. The van der Waals surface area contributed by atoms with Gasteiger partial charge in [0.2, 0.25) is 0 Å². The molecule has 1 aromatic carbocycles. The van der Waals surface area contributed by atoms with E-state index in [4.69, 9.17) is 4.74 Å². The molecule has 0 unspecified atom stereocenters.